The van der Waals surface area contributed by atoms with E-state index in [4.69, 9.17) is 10.2 Å². The quantitative estimate of drug-likeness (QED) is 0.597. The smallest absolute Gasteiger partial charge is 0.327 e. The van der Waals surface area contributed by atoms with E-state index in [0.29, 0.717) is 4.90 Å². The molecule has 1 aliphatic rings. The van der Waals surface area contributed by atoms with Crippen molar-refractivity contribution in [2.24, 2.45) is 5.41 Å². The maximum absolute atomic E-state index is 13.0. The second-order valence-corrected chi connectivity index (χ2v) is 4.94. The molecule has 2 rings (SSSR count). The molecule has 1 aliphatic heterocycles. The van der Waals surface area contributed by atoms with E-state index in [-0.39, 0.29) is 11.1 Å². The van der Waals surface area contributed by atoms with Crippen molar-refractivity contribution in [3.63, 3.8) is 0 Å². The highest BCUT2D eigenvalue weighted by Gasteiger charge is 2.55. The fourth-order valence-corrected chi connectivity index (χ4v) is 2.33. The molecule has 7 nitrogen and oxygen atoms in total. The molecule has 23 heavy (non-hydrogen) atoms. The zero-order chi connectivity index (χ0) is 17.4. The number of carboxylic acid groups (broad SMARTS) is 2. The Labute approximate surface area is 128 Å². The van der Waals surface area contributed by atoms with E-state index in [1.807, 2.05) is 0 Å². The number of hydrogen-bond donors (Lipinski definition) is 2. The Bertz CT molecular complexity index is 653. The van der Waals surface area contributed by atoms with Crippen LogP contribution in [0.4, 0.5) is 8.78 Å². The molecule has 0 aromatic heterocycles. The molecule has 1 aromatic carbocycles. The molecular formula is C14H11F2NO6. The number of halogens is 2. The van der Waals surface area contributed by atoms with E-state index >= 15 is 0 Å². The summed E-state index contributed by atoms with van der Waals surface area (Å²) < 4.78 is 26.1. The number of rotatable bonds is 6. The van der Waals surface area contributed by atoms with Crippen LogP contribution in [0.15, 0.2) is 24.3 Å². The summed E-state index contributed by atoms with van der Waals surface area (Å²) in [7, 11) is 0. The van der Waals surface area contributed by atoms with Crippen molar-refractivity contribution in [3.8, 4) is 0 Å². The van der Waals surface area contributed by atoms with Gasteiger partial charge >= 0.3 is 11.9 Å². The lowest BCUT2D eigenvalue weighted by molar-refractivity contribution is -0.177. The molecule has 0 unspecified atom stereocenters. The number of fused-ring (bicyclic) bond motifs is 1. The lowest BCUT2D eigenvalue weighted by atomic mass is 9.84. The predicted molar refractivity (Wildman–Crippen MR) is 70.1 cm³/mol. The fraction of sp³-hybridized carbons (Fsp3) is 0.286. The first-order valence-electron chi connectivity index (χ1n) is 6.43. The standard InChI is InChI=1S/C14H11F2NO6/c15-11(16)14(12(20)21,13(22)23)5-6-17-9(18)7-3-1-2-4-8(7)10(17)19/h1-4,11H,5-6H2,(H,20,21)(H,22,23). The predicted octanol–water partition coefficient (Wildman–Crippen LogP) is 1.09. The molecule has 122 valence electrons. The Morgan fingerprint density at radius 2 is 1.48 bits per heavy atom. The fourth-order valence-electron chi connectivity index (χ4n) is 2.33. The van der Waals surface area contributed by atoms with Gasteiger partial charge in [0, 0.05) is 6.54 Å². The molecule has 0 saturated heterocycles. The van der Waals surface area contributed by atoms with Crippen LogP contribution in [-0.2, 0) is 9.59 Å². The number of amides is 2. The van der Waals surface area contributed by atoms with Crippen molar-refractivity contribution < 1.29 is 38.2 Å². The van der Waals surface area contributed by atoms with Gasteiger partial charge in [-0.1, -0.05) is 12.1 Å². The van der Waals surface area contributed by atoms with Gasteiger partial charge in [-0.05, 0) is 18.6 Å². The van der Waals surface area contributed by atoms with Gasteiger partial charge in [-0.3, -0.25) is 24.1 Å². The van der Waals surface area contributed by atoms with Gasteiger partial charge in [0.05, 0.1) is 11.1 Å². The molecule has 9 heteroatoms. The molecule has 2 amide bonds. The van der Waals surface area contributed by atoms with E-state index in [1.54, 1.807) is 0 Å². The summed E-state index contributed by atoms with van der Waals surface area (Å²) in [5.74, 6) is -6.00. The van der Waals surface area contributed by atoms with Crippen LogP contribution >= 0.6 is 0 Å². The monoisotopic (exact) mass is 327 g/mol. The number of carbonyl (C=O) groups excluding carboxylic acids is 2. The minimum absolute atomic E-state index is 0.0609. The van der Waals surface area contributed by atoms with Gasteiger partial charge in [0.25, 0.3) is 18.2 Å². The van der Waals surface area contributed by atoms with E-state index in [2.05, 4.69) is 0 Å². The second kappa shape index (κ2) is 5.75. The summed E-state index contributed by atoms with van der Waals surface area (Å²) >= 11 is 0. The molecule has 0 spiro atoms. The zero-order valence-electron chi connectivity index (χ0n) is 11.5. The summed E-state index contributed by atoms with van der Waals surface area (Å²) in [6.45, 7) is -0.741. The lowest BCUT2D eigenvalue weighted by Gasteiger charge is -2.25. The molecule has 0 fully saturated rings. The van der Waals surface area contributed by atoms with Gasteiger partial charge in [-0.2, -0.15) is 0 Å². The number of nitrogens with zero attached hydrogens (tertiary/aromatic N) is 1. The van der Waals surface area contributed by atoms with E-state index in [9.17, 15) is 28.0 Å². The van der Waals surface area contributed by atoms with Crippen molar-refractivity contribution in [1.29, 1.82) is 0 Å². The summed E-state index contributed by atoms with van der Waals surface area (Å²) in [6.07, 6.45) is -4.80. The first kappa shape index (κ1) is 16.5. The highest BCUT2D eigenvalue weighted by atomic mass is 19.3. The van der Waals surface area contributed by atoms with Crippen molar-refractivity contribution in [1.82, 2.24) is 4.90 Å². The average Bonchev–Trinajstić information content (AvgIpc) is 2.72. The molecule has 0 bridgehead atoms. The number of imide groups is 1. The third-order valence-corrected chi connectivity index (χ3v) is 3.74. The van der Waals surface area contributed by atoms with Crippen LogP contribution in [0.25, 0.3) is 0 Å². The molecule has 0 saturated carbocycles. The van der Waals surface area contributed by atoms with Gasteiger partial charge in [0.1, 0.15) is 0 Å². The van der Waals surface area contributed by atoms with Crippen LogP contribution in [-0.4, -0.2) is 51.8 Å². The lowest BCUT2D eigenvalue weighted by Crippen LogP contribution is -2.48. The SMILES string of the molecule is O=C1c2ccccc2C(=O)N1CCC(C(=O)O)(C(=O)O)C(F)F. The minimum atomic E-state index is -3.70. The molecular weight excluding hydrogens is 316 g/mol. The van der Waals surface area contributed by atoms with Crippen LogP contribution in [0.2, 0.25) is 0 Å². The number of carboxylic acids is 2. The van der Waals surface area contributed by atoms with E-state index in [0.717, 1.165) is 0 Å². The van der Waals surface area contributed by atoms with Gasteiger partial charge < -0.3 is 10.2 Å². The highest BCUT2D eigenvalue weighted by Crippen LogP contribution is 2.33. The number of carbonyl (C=O) groups is 4. The molecule has 0 aliphatic carbocycles. The number of benzene rings is 1. The molecule has 0 atom stereocenters. The summed E-state index contributed by atoms with van der Waals surface area (Å²) in [6, 6.07) is 5.74. The Balaban J connectivity index is 2.27. The van der Waals surface area contributed by atoms with Gasteiger partial charge in [0.2, 0.25) is 5.41 Å². The van der Waals surface area contributed by atoms with Gasteiger partial charge in [-0.25, -0.2) is 8.78 Å². The summed E-state index contributed by atoms with van der Waals surface area (Å²) in [5, 5.41) is 17.8. The van der Waals surface area contributed by atoms with Gasteiger partial charge in [0.15, 0.2) is 0 Å². The number of aliphatic carboxylic acids is 2. The van der Waals surface area contributed by atoms with Crippen molar-refractivity contribution in [3.05, 3.63) is 35.4 Å². The van der Waals surface area contributed by atoms with Crippen molar-refractivity contribution >= 4 is 23.8 Å². The first-order chi connectivity index (χ1) is 10.7. The Hall–Kier alpha value is -2.84. The molecule has 0 radical (unpaired) electrons. The minimum Gasteiger partial charge on any atom is -0.480 e. The summed E-state index contributed by atoms with van der Waals surface area (Å²) in [4.78, 5) is 46.8. The van der Waals surface area contributed by atoms with Crippen LogP contribution in [0.3, 0.4) is 0 Å². The Kier molecular flexibility index (Phi) is 4.13. The maximum Gasteiger partial charge on any atom is 0.327 e. The van der Waals surface area contributed by atoms with Crippen LogP contribution < -0.4 is 0 Å². The topological polar surface area (TPSA) is 112 Å². The zero-order valence-corrected chi connectivity index (χ0v) is 11.5. The van der Waals surface area contributed by atoms with Crippen LogP contribution in [0.5, 0.6) is 0 Å². The first-order valence-corrected chi connectivity index (χ1v) is 6.43. The Morgan fingerprint density at radius 3 is 1.83 bits per heavy atom. The largest absolute Gasteiger partial charge is 0.480 e. The maximum atomic E-state index is 13.0. The van der Waals surface area contributed by atoms with Crippen LogP contribution in [0, 0.1) is 5.41 Å². The van der Waals surface area contributed by atoms with E-state index in [1.165, 1.54) is 24.3 Å². The van der Waals surface area contributed by atoms with Crippen LogP contribution in [0.1, 0.15) is 27.1 Å². The molecule has 2 N–H and O–H groups in total. The summed E-state index contributed by atoms with van der Waals surface area (Å²) in [5.41, 5.74) is -3.26. The van der Waals surface area contributed by atoms with Crippen molar-refractivity contribution in [2.75, 3.05) is 6.54 Å². The molecule has 1 aromatic rings. The van der Waals surface area contributed by atoms with Gasteiger partial charge in [-0.15, -0.1) is 0 Å². The number of hydrogen-bond acceptors (Lipinski definition) is 4. The second-order valence-electron chi connectivity index (χ2n) is 4.94. The molecule has 1 heterocycles. The third kappa shape index (κ3) is 2.43. The average molecular weight is 327 g/mol. The normalized spacial score (nSPS) is 14.3. The third-order valence-electron chi connectivity index (χ3n) is 3.74. The number of alkyl halides is 2. The highest BCUT2D eigenvalue weighted by molar-refractivity contribution is 6.21. The van der Waals surface area contributed by atoms with Crippen molar-refractivity contribution in [2.45, 2.75) is 12.8 Å². The van der Waals surface area contributed by atoms with E-state index < -0.39 is 48.6 Å². The Morgan fingerprint density at radius 1 is 1.04 bits per heavy atom.